The summed E-state index contributed by atoms with van der Waals surface area (Å²) in [4.78, 5) is 4.52. The van der Waals surface area contributed by atoms with Gasteiger partial charge < -0.3 is 10.1 Å². The molecule has 3 aromatic rings. The van der Waals surface area contributed by atoms with Gasteiger partial charge in [0.25, 0.3) is 0 Å². The van der Waals surface area contributed by atoms with Gasteiger partial charge in [-0.25, -0.2) is 4.98 Å². The van der Waals surface area contributed by atoms with Gasteiger partial charge in [0.05, 0.1) is 24.9 Å². The van der Waals surface area contributed by atoms with E-state index < -0.39 is 0 Å². The van der Waals surface area contributed by atoms with Crippen molar-refractivity contribution in [3.05, 3.63) is 60.0 Å². The molecule has 164 valence electrons. The van der Waals surface area contributed by atoms with Gasteiger partial charge in [0.15, 0.2) is 0 Å². The second-order valence-corrected chi connectivity index (χ2v) is 9.04. The molecule has 0 aliphatic heterocycles. The lowest BCUT2D eigenvalue weighted by Gasteiger charge is -2.29. The molecule has 2 aromatic heterocycles. The van der Waals surface area contributed by atoms with Crippen LogP contribution in [0.3, 0.4) is 0 Å². The van der Waals surface area contributed by atoms with Crippen molar-refractivity contribution in [2.45, 2.75) is 50.5 Å². The summed E-state index contributed by atoms with van der Waals surface area (Å²) >= 11 is 0. The standard InChI is InChI=1S/C26H29N5O/c1-32-25-9-6-20(12-22(25)14-27)19-4-2-18(3-5-19)15-29-26-13-21(10-11-28-26)23-16-30-31(17-23)24-7-8-24/h6,9-13,16-19,24H,2-5,7-8,15H2,1H3,(H,28,29)/t18-,19-. The van der Waals surface area contributed by atoms with Crippen LogP contribution in [-0.2, 0) is 0 Å². The Labute approximate surface area is 189 Å². The number of rotatable bonds is 7. The molecule has 0 atom stereocenters. The van der Waals surface area contributed by atoms with E-state index in [1.807, 2.05) is 24.5 Å². The first-order chi connectivity index (χ1) is 15.7. The van der Waals surface area contributed by atoms with E-state index in [1.165, 1.54) is 31.2 Å². The van der Waals surface area contributed by atoms with Gasteiger partial charge in [0.1, 0.15) is 17.6 Å². The Morgan fingerprint density at radius 1 is 1.09 bits per heavy atom. The first-order valence-corrected chi connectivity index (χ1v) is 11.6. The quantitative estimate of drug-likeness (QED) is 0.535. The monoisotopic (exact) mass is 427 g/mol. The van der Waals surface area contributed by atoms with Gasteiger partial charge in [-0.1, -0.05) is 6.07 Å². The van der Waals surface area contributed by atoms with E-state index in [2.05, 4.69) is 50.5 Å². The number of ether oxygens (including phenoxy) is 1. The second-order valence-electron chi connectivity index (χ2n) is 9.04. The summed E-state index contributed by atoms with van der Waals surface area (Å²) in [5, 5.41) is 17.4. The van der Waals surface area contributed by atoms with E-state index in [-0.39, 0.29) is 0 Å². The minimum absolute atomic E-state index is 0.522. The van der Waals surface area contributed by atoms with Crippen LogP contribution in [0.5, 0.6) is 5.75 Å². The Bertz CT molecular complexity index is 1120. The van der Waals surface area contributed by atoms with Crippen LogP contribution in [-0.4, -0.2) is 28.4 Å². The summed E-state index contributed by atoms with van der Waals surface area (Å²) in [5.41, 5.74) is 4.20. The maximum absolute atomic E-state index is 9.36. The number of anilines is 1. The fourth-order valence-electron chi connectivity index (χ4n) is 4.75. The van der Waals surface area contributed by atoms with Gasteiger partial charge in [0.2, 0.25) is 0 Å². The normalized spacial score (nSPS) is 20.5. The third-order valence-corrected chi connectivity index (χ3v) is 6.85. The lowest BCUT2D eigenvalue weighted by molar-refractivity contribution is 0.338. The summed E-state index contributed by atoms with van der Waals surface area (Å²) in [6.07, 6.45) is 13.1. The molecule has 2 aliphatic carbocycles. The SMILES string of the molecule is COc1ccc([C@H]2CC[C@H](CNc3cc(-c4cnn(C5CC5)c4)ccn3)CC2)cc1C#N. The van der Waals surface area contributed by atoms with Crippen LogP contribution in [0.25, 0.3) is 11.1 Å². The molecule has 32 heavy (non-hydrogen) atoms. The highest BCUT2D eigenvalue weighted by Gasteiger charge is 2.25. The number of nitriles is 1. The maximum Gasteiger partial charge on any atom is 0.136 e. The average molecular weight is 428 g/mol. The lowest BCUT2D eigenvalue weighted by atomic mass is 9.78. The smallest absolute Gasteiger partial charge is 0.136 e. The van der Waals surface area contributed by atoms with Crippen LogP contribution in [0, 0.1) is 17.2 Å². The molecule has 1 aromatic carbocycles. The molecule has 5 rings (SSSR count). The van der Waals surface area contributed by atoms with Crippen molar-refractivity contribution >= 4 is 5.82 Å². The number of nitrogens with one attached hydrogen (secondary N) is 1. The maximum atomic E-state index is 9.36. The average Bonchev–Trinajstić information content (AvgIpc) is 3.59. The first kappa shape index (κ1) is 20.6. The molecular formula is C26H29N5O. The van der Waals surface area contributed by atoms with Gasteiger partial charge >= 0.3 is 0 Å². The van der Waals surface area contributed by atoms with Crippen LogP contribution in [0.4, 0.5) is 5.82 Å². The fraction of sp³-hybridized carbons (Fsp3) is 0.423. The van der Waals surface area contributed by atoms with E-state index in [9.17, 15) is 5.26 Å². The number of pyridine rings is 1. The molecular weight excluding hydrogens is 398 g/mol. The molecule has 2 aliphatic rings. The summed E-state index contributed by atoms with van der Waals surface area (Å²) in [7, 11) is 1.61. The number of benzene rings is 1. The van der Waals surface area contributed by atoms with Crippen LogP contribution >= 0.6 is 0 Å². The molecule has 6 nitrogen and oxygen atoms in total. The zero-order chi connectivity index (χ0) is 21.9. The highest BCUT2D eigenvalue weighted by atomic mass is 16.5. The fourth-order valence-corrected chi connectivity index (χ4v) is 4.75. The van der Waals surface area contributed by atoms with E-state index in [0.29, 0.717) is 29.2 Å². The minimum atomic E-state index is 0.522. The Balaban J connectivity index is 1.15. The summed E-state index contributed by atoms with van der Waals surface area (Å²) < 4.78 is 7.37. The number of aromatic nitrogens is 3. The van der Waals surface area contributed by atoms with Crippen molar-refractivity contribution < 1.29 is 4.74 Å². The Morgan fingerprint density at radius 2 is 1.94 bits per heavy atom. The van der Waals surface area contributed by atoms with Gasteiger partial charge in [-0.05, 0) is 85.8 Å². The van der Waals surface area contributed by atoms with Crippen LogP contribution in [0.2, 0.25) is 0 Å². The molecule has 0 bridgehead atoms. The molecule has 2 heterocycles. The van der Waals surface area contributed by atoms with Crippen LogP contribution in [0.1, 0.15) is 61.6 Å². The van der Waals surface area contributed by atoms with Crippen molar-refractivity contribution in [1.29, 1.82) is 5.26 Å². The predicted molar refractivity (Wildman–Crippen MR) is 125 cm³/mol. The van der Waals surface area contributed by atoms with Crippen molar-refractivity contribution in [2.75, 3.05) is 19.0 Å². The van der Waals surface area contributed by atoms with Crippen molar-refractivity contribution in [2.24, 2.45) is 5.92 Å². The topological polar surface area (TPSA) is 75.8 Å². The number of nitrogens with zero attached hydrogens (tertiary/aromatic N) is 4. The van der Waals surface area contributed by atoms with Gasteiger partial charge in [-0.2, -0.15) is 10.4 Å². The van der Waals surface area contributed by atoms with Gasteiger partial charge in [0, 0.05) is 24.5 Å². The predicted octanol–water partition coefficient (Wildman–Crippen LogP) is 5.55. The zero-order valence-corrected chi connectivity index (χ0v) is 18.5. The summed E-state index contributed by atoms with van der Waals surface area (Å²) in [6.45, 7) is 0.941. The van der Waals surface area contributed by atoms with E-state index in [1.54, 1.807) is 7.11 Å². The van der Waals surface area contributed by atoms with E-state index in [4.69, 9.17) is 4.74 Å². The van der Waals surface area contributed by atoms with E-state index in [0.717, 1.165) is 36.3 Å². The summed E-state index contributed by atoms with van der Waals surface area (Å²) in [5.74, 6) is 2.75. The molecule has 6 heteroatoms. The van der Waals surface area contributed by atoms with Crippen LogP contribution < -0.4 is 10.1 Å². The third-order valence-electron chi connectivity index (χ3n) is 6.85. The van der Waals surface area contributed by atoms with Crippen molar-refractivity contribution in [3.63, 3.8) is 0 Å². The van der Waals surface area contributed by atoms with E-state index >= 15 is 0 Å². The molecule has 0 saturated heterocycles. The third kappa shape index (κ3) is 4.47. The Morgan fingerprint density at radius 3 is 2.69 bits per heavy atom. The molecule has 1 N–H and O–H groups in total. The second kappa shape index (κ2) is 9.04. The van der Waals surface area contributed by atoms with Crippen LogP contribution in [0.15, 0.2) is 48.9 Å². The highest BCUT2D eigenvalue weighted by Crippen LogP contribution is 2.37. The summed E-state index contributed by atoms with van der Waals surface area (Å²) in [6, 6.07) is 13.1. The van der Waals surface area contributed by atoms with Gasteiger partial charge in [-0.15, -0.1) is 0 Å². The number of hydrogen-bond acceptors (Lipinski definition) is 5. The zero-order valence-electron chi connectivity index (χ0n) is 18.5. The molecule has 2 fully saturated rings. The number of methoxy groups -OCH3 is 1. The largest absolute Gasteiger partial charge is 0.495 e. The molecule has 0 spiro atoms. The first-order valence-electron chi connectivity index (χ1n) is 11.6. The molecule has 0 radical (unpaired) electrons. The Hall–Kier alpha value is -3.33. The molecule has 0 unspecified atom stereocenters. The minimum Gasteiger partial charge on any atom is -0.495 e. The Kier molecular flexibility index (Phi) is 5.81. The lowest BCUT2D eigenvalue weighted by Crippen LogP contribution is -2.21. The molecule has 2 saturated carbocycles. The van der Waals surface area contributed by atoms with Crippen molar-refractivity contribution in [3.8, 4) is 22.9 Å². The number of hydrogen-bond donors (Lipinski definition) is 1. The molecule has 0 amide bonds. The van der Waals surface area contributed by atoms with Crippen molar-refractivity contribution in [1.82, 2.24) is 14.8 Å². The highest BCUT2D eigenvalue weighted by molar-refractivity contribution is 5.64. The van der Waals surface area contributed by atoms with Gasteiger partial charge in [-0.3, -0.25) is 4.68 Å².